The molecular weight excluding hydrogens is 461 g/mol. The molecular formula is C20H17F3N6O3S. The highest BCUT2D eigenvalue weighted by molar-refractivity contribution is 7.92. The van der Waals surface area contributed by atoms with Crippen molar-refractivity contribution in [3.63, 3.8) is 0 Å². The smallest absolute Gasteiger partial charge is 0.429 e. The van der Waals surface area contributed by atoms with Crippen LogP contribution < -0.4 is 9.46 Å². The van der Waals surface area contributed by atoms with Crippen molar-refractivity contribution < 1.29 is 26.3 Å². The maximum absolute atomic E-state index is 13.8. The molecule has 0 amide bonds. The molecule has 1 atom stereocenters. The molecule has 33 heavy (non-hydrogen) atoms. The normalized spacial score (nSPS) is 13.1. The van der Waals surface area contributed by atoms with Crippen molar-refractivity contribution >= 4 is 26.9 Å². The predicted molar refractivity (Wildman–Crippen MR) is 112 cm³/mol. The summed E-state index contributed by atoms with van der Waals surface area (Å²) in [6.45, 7) is 1.60. The number of imidazole rings is 1. The highest BCUT2D eigenvalue weighted by Crippen LogP contribution is 2.38. The lowest BCUT2D eigenvalue weighted by molar-refractivity contribution is -0.198. The zero-order valence-corrected chi connectivity index (χ0v) is 18.1. The standard InChI is InChI=1S/C20H17F3N6O3S/c1-12-25-16(11-29(12)2)33(30,31)28-18-19(27-15-8-4-3-7-14(15)26-18)32-17(20(21,22)23)13-6-5-9-24-10-13/h3-11,17H,1-2H3,(H,26,28). The van der Waals surface area contributed by atoms with Gasteiger partial charge in [0.1, 0.15) is 5.82 Å². The lowest BCUT2D eigenvalue weighted by atomic mass is 10.1. The number of halogens is 3. The van der Waals surface area contributed by atoms with Gasteiger partial charge in [-0.05, 0) is 25.1 Å². The molecule has 1 N–H and O–H groups in total. The van der Waals surface area contributed by atoms with E-state index in [1.54, 1.807) is 26.1 Å². The summed E-state index contributed by atoms with van der Waals surface area (Å²) in [4.78, 5) is 15.9. The zero-order valence-electron chi connectivity index (χ0n) is 17.3. The number of alkyl halides is 3. The Morgan fingerprint density at radius 2 is 1.76 bits per heavy atom. The highest BCUT2D eigenvalue weighted by Gasteiger charge is 2.44. The summed E-state index contributed by atoms with van der Waals surface area (Å²) >= 11 is 0. The predicted octanol–water partition coefficient (Wildman–Crippen LogP) is 3.55. The first kappa shape index (κ1) is 22.5. The van der Waals surface area contributed by atoms with Gasteiger partial charge in [0.25, 0.3) is 15.9 Å². The largest absolute Gasteiger partial charge is 0.457 e. The number of hydrogen-bond donors (Lipinski definition) is 1. The fraction of sp³-hybridized carbons (Fsp3) is 0.200. The molecule has 13 heteroatoms. The summed E-state index contributed by atoms with van der Waals surface area (Å²) in [6, 6.07) is 8.83. The first-order chi connectivity index (χ1) is 15.5. The van der Waals surface area contributed by atoms with E-state index in [1.807, 2.05) is 0 Å². The number of sulfonamides is 1. The Morgan fingerprint density at radius 1 is 1.06 bits per heavy atom. The number of pyridine rings is 1. The van der Waals surface area contributed by atoms with Crippen molar-refractivity contribution in [1.82, 2.24) is 24.5 Å². The Kier molecular flexibility index (Phi) is 5.66. The summed E-state index contributed by atoms with van der Waals surface area (Å²) in [5.41, 5.74) is 0.190. The van der Waals surface area contributed by atoms with Gasteiger partial charge in [0.2, 0.25) is 11.9 Å². The molecule has 0 radical (unpaired) electrons. The Labute approximate surface area is 186 Å². The number of fused-ring (bicyclic) bond motifs is 1. The number of para-hydroxylation sites is 2. The van der Waals surface area contributed by atoms with Crippen molar-refractivity contribution in [3.8, 4) is 5.88 Å². The first-order valence-corrected chi connectivity index (χ1v) is 11.0. The molecule has 0 fully saturated rings. The number of ether oxygens (including phenoxy) is 1. The van der Waals surface area contributed by atoms with Crippen LogP contribution in [-0.4, -0.2) is 39.1 Å². The summed E-state index contributed by atoms with van der Waals surface area (Å²) in [6.07, 6.45) is -3.71. The second kappa shape index (κ2) is 8.31. The minimum absolute atomic E-state index is 0.219. The third kappa shape index (κ3) is 4.72. The van der Waals surface area contributed by atoms with E-state index >= 15 is 0 Å². The number of rotatable bonds is 6. The Hall–Kier alpha value is -3.74. The van der Waals surface area contributed by atoms with E-state index in [9.17, 15) is 21.6 Å². The minimum atomic E-state index is -4.84. The van der Waals surface area contributed by atoms with Crippen molar-refractivity contribution in [2.45, 2.75) is 24.2 Å². The van der Waals surface area contributed by atoms with E-state index in [0.29, 0.717) is 5.82 Å². The fourth-order valence-electron chi connectivity index (χ4n) is 2.93. The molecule has 4 rings (SSSR count). The minimum Gasteiger partial charge on any atom is -0.457 e. The Morgan fingerprint density at radius 3 is 2.33 bits per heavy atom. The lowest BCUT2D eigenvalue weighted by Crippen LogP contribution is -2.27. The second-order valence-electron chi connectivity index (χ2n) is 7.03. The number of anilines is 1. The van der Waals surface area contributed by atoms with E-state index in [1.165, 1.54) is 41.2 Å². The molecule has 1 aromatic carbocycles. The van der Waals surface area contributed by atoms with Gasteiger partial charge in [-0.25, -0.2) is 15.0 Å². The average molecular weight is 478 g/mol. The van der Waals surface area contributed by atoms with Gasteiger partial charge >= 0.3 is 6.18 Å². The van der Waals surface area contributed by atoms with Crippen LogP contribution in [0.15, 0.2) is 60.0 Å². The average Bonchev–Trinajstić information content (AvgIpc) is 3.11. The first-order valence-electron chi connectivity index (χ1n) is 9.47. The van der Waals surface area contributed by atoms with Crippen LogP contribution in [0, 0.1) is 6.92 Å². The molecule has 1 unspecified atom stereocenters. The van der Waals surface area contributed by atoms with Crippen LogP contribution in [0.25, 0.3) is 11.0 Å². The highest BCUT2D eigenvalue weighted by atomic mass is 32.2. The van der Waals surface area contributed by atoms with Gasteiger partial charge < -0.3 is 9.30 Å². The molecule has 0 spiro atoms. The summed E-state index contributed by atoms with van der Waals surface area (Å²) in [5, 5.41) is -0.331. The van der Waals surface area contributed by atoms with E-state index in [4.69, 9.17) is 4.74 Å². The molecule has 0 aliphatic carbocycles. The van der Waals surface area contributed by atoms with Crippen LogP contribution in [0.1, 0.15) is 17.5 Å². The third-order valence-corrected chi connectivity index (χ3v) is 5.85. The van der Waals surface area contributed by atoms with Crippen LogP contribution in [0.4, 0.5) is 19.0 Å². The Bertz CT molecular complexity index is 1390. The van der Waals surface area contributed by atoms with Crippen molar-refractivity contribution in [2.75, 3.05) is 4.72 Å². The Balaban J connectivity index is 1.81. The lowest BCUT2D eigenvalue weighted by Gasteiger charge is -2.22. The molecule has 4 aromatic rings. The molecule has 0 aliphatic rings. The SMILES string of the molecule is Cc1nc(S(=O)(=O)Nc2nc3ccccc3nc2OC(c2cccnc2)C(F)(F)F)cn1C. The van der Waals surface area contributed by atoms with Crippen LogP contribution in [0.2, 0.25) is 0 Å². The van der Waals surface area contributed by atoms with Gasteiger partial charge in [-0.3, -0.25) is 9.71 Å². The number of nitrogens with one attached hydrogen (secondary N) is 1. The van der Waals surface area contributed by atoms with Gasteiger partial charge in [-0.15, -0.1) is 0 Å². The topological polar surface area (TPSA) is 112 Å². The van der Waals surface area contributed by atoms with Gasteiger partial charge in [-0.2, -0.15) is 21.6 Å². The quantitative estimate of drug-likeness (QED) is 0.451. The summed E-state index contributed by atoms with van der Waals surface area (Å²) in [7, 11) is -2.70. The number of hydrogen-bond acceptors (Lipinski definition) is 7. The molecule has 0 saturated heterocycles. The second-order valence-corrected chi connectivity index (χ2v) is 8.66. The van der Waals surface area contributed by atoms with E-state index in [0.717, 1.165) is 6.20 Å². The zero-order chi connectivity index (χ0) is 23.8. The number of nitrogens with zero attached hydrogens (tertiary/aromatic N) is 5. The monoisotopic (exact) mass is 478 g/mol. The van der Waals surface area contributed by atoms with Gasteiger partial charge in [0.05, 0.1) is 11.0 Å². The number of aryl methyl sites for hydroxylation is 2. The number of aromatic nitrogens is 5. The van der Waals surface area contributed by atoms with Crippen LogP contribution >= 0.6 is 0 Å². The van der Waals surface area contributed by atoms with Gasteiger partial charge in [0.15, 0.2) is 5.03 Å². The molecule has 0 aliphatic heterocycles. The molecule has 172 valence electrons. The van der Waals surface area contributed by atoms with E-state index in [2.05, 4.69) is 24.7 Å². The van der Waals surface area contributed by atoms with E-state index < -0.39 is 34.0 Å². The van der Waals surface area contributed by atoms with Gasteiger partial charge in [0, 0.05) is 31.2 Å². The molecule has 0 bridgehead atoms. The summed E-state index contributed by atoms with van der Waals surface area (Å²) in [5.74, 6) is -0.726. The van der Waals surface area contributed by atoms with Gasteiger partial charge in [-0.1, -0.05) is 18.2 Å². The molecule has 9 nitrogen and oxygen atoms in total. The maximum atomic E-state index is 13.8. The van der Waals surface area contributed by atoms with Crippen LogP contribution in [-0.2, 0) is 17.1 Å². The molecule has 3 heterocycles. The number of benzene rings is 1. The summed E-state index contributed by atoms with van der Waals surface area (Å²) < 4.78 is 76.1. The van der Waals surface area contributed by atoms with E-state index in [-0.39, 0.29) is 21.6 Å². The van der Waals surface area contributed by atoms with Crippen LogP contribution in [0.5, 0.6) is 5.88 Å². The molecule has 0 saturated carbocycles. The van der Waals surface area contributed by atoms with Crippen LogP contribution in [0.3, 0.4) is 0 Å². The van der Waals surface area contributed by atoms with Crippen molar-refractivity contribution in [1.29, 1.82) is 0 Å². The fourth-order valence-corrected chi connectivity index (χ4v) is 3.98. The molecule has 3 aromatic heterocycles. The maximum Gasteiger partial charge on any atom is 0.429 e. The van der Waals surface area contributed by atoms with Crippen molar-refractivity contribution in [2.24, 2.45) is 7.05 Å². The van der Waals surface area contributed by atoms with Crippen molar-refractivity contribution in [3.05, 3.63) is 66.4 Å². The third-order valence-electron chi connectivity index (χ3n) is 4.65.